The van der Waals surface area contributed by atoms with E-state index in [0.29, 0.717) is 22.9 Å². The number of carbonyl (C=O) groups excluding carboxylic acids is 1. The van der Waals surface area contributed by atoms with Crippen LogP contribution in [0.5, 0.6) is 0 Å². The van der Waals surface area contributed by atoms with Gasteiger partial charge in [-0.2, -0.15) is 4.98 Å². The van der Waals surface area contributed by atoms with Crippen LogP contribution in [0.4, 0.5) is 0 Å². The first-order valence-corrected chi connectivity index (χ1v) is 11.1. The zero-order valence-electron chi connectivity index (χ0n) is 17.0. The maximum Gasteiger partial charge on any atom is 0.253 e. The van der Waals surface area contributed by atoms with Crippen LogP contribution in [0.2, 0.25) is 0 Å². The van der Waals surface area contributed by atoms with Crippen LogP contribution >= 0.6 is 11.8 Å². The number of aryl methyl sites for hydroxylation is 2. The maximum atomic E-state index is 12.8. The van der Waals surface area contributed by atoms with Gasteiger partial charge >= 0.3 is 0 Å². The molecule has 0 spiro atoms. The van der Waals surface area contributed by atoms with Gasteiger partial charge in [-0.3, -0.25) is 4.79 Å². The molecule has 2 heterocycles. The first-order chi connectivity index (χ1) is 14.6. The van der Waals surface area contributed by atoms with Crippen molar-refractivity contribution in [2.45, 2.75) is 43.5 Å². The predicted molar refractivity (Wildman–Crippen MR) is 118 cm³/mol. The molecule has 0 saturated heterocycles. The van der Waals surface area contributed by atoms with E-state index >= 15 is 0 Å². The van der Waals surface area contributed by atoms with Gasteiger partial charge in [0.1, 0.15) is 0 Å². The molecule has 1 atom stereocenters. The van der Waals surface area contributed by atoms with E-state index < -0.39 is 0 Å². The van der Waals surface area contributed by atoms with Gasteiger partial charge in [0.25, 0.3) is 5.78 Å². The average Bonchev–Trinajstić information content (AvgIpc) is 3.13. The first-order valence-electron chi connectivity index (χ1n) is 10.1. The molecule has 6 heteroatoms. The fourth-order valence-corrected chi connectivity index (χ4v) is 4.90. The number of fused-ring (bicyclic) bond motifs is 2. The van der Waals surface area contributed by atoms with Gasteiger partial charge in [0.05, 0.1) is 11.3 Å². The van der Waals surface area contributed by atoms with Crippen molar-refractivity contribution in [1.29, 1.82) is 0 Å². The number of aromatic nitrogens is 4. The zero-order valence-corrected chi connectivity index (χ0v) is 17.8. The summed E-state index contributed by atoms with van der Waals surface area (Å²) in [5.41, 5.74) is 6.44. The zero-order chi connectivity index (χ0) is 20.7. The van der Waals surface area contributed by atoms with Gasteiger partial charge in [0, 0.05) is 18.4 Å². The number of nitrogens with zero attached hydrogens (tertiary/aromatic N) is 4. The molecule has 2 aromatic carbocycles. The van der Waals surface area contributed by atoms with Gasteiger partial charge in [0.2, 0.25) is 5.16 Å². The van der Waals surface area contributed by atoms with Crippen LogP contribution in [0.25, 0.3) is 5.78 Å². The highest BCUT2D eigenvalue weighted by atomic mass is 32.2. The normalized spacial score (nSPS) is 16.1. The molecule has 1 aliphatic carbocycles. The van der Waals surface area contributed by atoms with E-state index in [4.69, 9.17) is 4.98 Å². The summed E-state index contributed by atoms with van der Waals surface area (Å²) in [6.07, 6.45) is 3.06. The topological polar surface area (TPSA) is 60.2 Å². The van der Waals surface area contributed by atoms with E-state index in [1.807, 2.05) is 12.1 Å². The summed E-state index contributed by atoms with van der Waals surface area (Å²) in [4.78, 5) is 22.2. The number of rotatable bonds is 4. The summed E-state index contributed by atoms with van der Waals surface area (Å²) >= 11 is 1.59. The molecule has 0 N–H and O–H groups in total. The van der Waals surface area contributed by atoms with Crippen molar-refractivity contribution < 1.29 is 4.79 Å². The third-order valence-electron chi connectivity index (χ3n) is 5.69. The van der Waals surface area contributed by atoms with Gasteiger partial charge in [-0.05, 0) is 42.9 Å². The first kappa shape index (κ1) is 19.0. The summed E-state index contributed by atoms with van der Waals surface area (Å²) in [6.45, 7) is 4.19. The van der Waals surface area contributed by atoms with Crippen molar-refractivity contribution in [2.24, 2.45) is 0 Å². The number of ketones is 1. The molecule has 5 rings (SSSR count). The molecular weight excluding hydrogens is 392 g/mol. The predicted octanol–water partition coefficient (Wildman–Crippen LogP) is 4.95. The lowest BCUT2D eigenvalue weighted by atomic mass is 9.82. The molecular formula is C24H22N4OS. The van der Waals surface area contributed by atoms with Crippen molar-refractivity contribution >= 4 is 23.3 Å². The van der Waals surface area contributed by atoms with Crippen molar-refractivity contribution in [3.8, 4) is 0 Å². The Hall–Kier alpha value is -2.99. The SMILES string of the molecule is Cc1cccc([C@@H]2CC(=O)c3cn4nc(SCc5ccccc5C)nc4nc3C2)c1. The van der Waals surface area contributed by atoms with Crippen molar-refractivity contribution in [2.75, 3.05) is 0 Å². The third-order valence-corrected chi connectivity index (χ3v) is 6.58. The minimum atomic E-state index is 0.127. The fourth-order valence-electron chi connectivity index (χ4n) is 4.00. The molecule has 0 radical (unpaired) electrons. The molecule has 150 valence electrons. The minimum absolute atomic E-state index is 0.127. The molecule has 1 aliphatic rings. The molecule has 30 heavy (non-hydrogen) atoms. The highest BCUT2D eigenvalue weighted by molar-refractivity contribution is 7.98. The standard InChI is InChI=1S/C24H22N4OS/c1-15-6-5-9-17(10-15)19-11-21-20(22(29)12-19)13-28-23(25-21)26-24(27-28)30-14-18-8-4-3-7-16(18)2/h3-10,13,19H,11-12,14H2,1-2H3/t19-/m0/s1. The average molecular weight is 415 g/mol. The molecule has 0 aliphatic heterocycles. The van der Waals surface area contributed by atoms with Gasteiger partial charge in [-0.1, -0.05) is 65.9 Å². The van der Waals surface area contributed by atoms with Gasteiger partial charge < -0.3 is 0 Å². The van der Waals surface area contributed by atoms with Crippen molar-refractivity contribution in [3.05, 3.63) is 88.2 Å². The Labute approximate surface area is 179 Å². The van der Waals surface area contributed by atoms with Crippen molar-refractivity contribution in [1.82, 2.24) is 19.6 Å². The van der Waals surface area contributed by atoms with E-state index in [2.05, 4.69) is 60.3 Å². The smallest absolute Gasteiger partial charge is 0.253 e. The molecule has 0 saturated carbocycles. The number of benzene rings is 2. The Kier molecular flexibility index (Phi) is 4.87. The van der Waals surface area contributed by atoms with Gasteiger partial charge in [-0.15, -0.1) is 5.10 Å². The highest BCUT2D eigenvalue weighted by Gasteiger charge is 2.28. The van der Waals surface area contributed by atoms with Crippen LogP contribution in [-0.2, 0) is 12.2 Å². The van der Waals surface area contributed by atoms with Crippen LogP contribution in [0.1, 0.15) is 50.6 Å². The van der Waals surface area contributed by atoms with Crippen LogP contribution in [0.3, 0.4) is 0 Å². The molecule has 0 amide bonds. The lowest BCUT2D eigenvalue weighted by Gasteiger charge is -2.23. The molecule has 0 bridgehead atoms. The summed E-state index contributed by atoms with van der Waals surface area (Å²) in [5, 5.41) is 5.22. The lowest BCUT2D eigenvalue weighted by Crippen LogP contribution is -2.21. The number of hydrogen-bond acceptors (Lipinski definition) is 5. The fraction of sp³-hybridized carbons (Fsp3) is 0.250. The molecule has 2 aromatic heterocycles. The highest BCUT2D eigenvalue weighted by Crippen LogP contribution is 2.32. The van der Waals surface area contributed by atoms with Gasteiger partial charge in [-0.25, -0.2) is 9.50 Å². The summed E-state index contributed by atoms with van der Waals surface area (Å²) in [6, 6.07) is 16.7. The summed E-state index contributed by atoms with van der Waals surface area (Å²) in [7, 11) is 0. The number of carbonyl (C=O) groups is 1. The summed E-state index contributed by atoms with van der Waals surface area (Å²) in [5.74, 6) is 1.65. The molecule has 5 nitrogen and oxygen atoms in total. The number of thioether (sulfide) groups is 1. The van der Waals surface area contributed by atoms with Crippen LogP contribution in [0, 0.1) is 13.8 Å². The second kappa shape index (κ2) is 7.69. The van der Waals surface area contributed by atoms with Crippen LogP contribution < -0.4 is 0 Å². The maximum absolute atomic E-state index is 12.8. The second-order valence-corrected chi connectivity index (χ2v) is 8.84. The Morgan fingerprint density at radius 3 is 2.77 bits per heavy atom. The Balaban J connectivity index is 1.42. The third kappa shape index (κ3) is 3.63. The second-order valence-electron chi connectivity index (χ2n) is 7.90. The minimum Gasteiger partial charge on any atom is -0.294 e. The number of hydrogen-bond donors (Lipinski definition) is 0. The Morgan fingerprint density at radius 2 is 1.93 bits per heavy atom. The van der Waals surface area contributed by atoms with E-state index in [1.165, 1.54) is 22.3 Å². The van der Waals surface area contributed by atoms with E-state index in [9.17, 15) is 4.79 Å². The molecule has 0 fully saturated rings. The van der Waals surface area contributed by atoms with Gasteiger partial charge in [0.15, 0.2) is 5.78 Å². The van der Waals surface area contributed by atoms with E-state index in [1.54, 1.807) is 22.5 Å². The summed E-state index contributed by atoms with van der Waals surface area (Å²) < 4.78 is 1.64. The van der Waals surface area contributed by atoms with Crippen LogP contribution in [0.15, 0.2) is 59.9 Å². The van der Waals surface area contributed by atoms with E-state index in [0.717, 1.165) is 17.9 Å². The Morgan fingerprint density at radius 1 is 1.07 bits per heavy atom. The monoisotopic (exact) mass is 414 g/mol. The molecule has 4 aromatic rings. The largest absolute Gasteiger partial charge is 0.294 e. The van der Waals surface area contributed by atoms with Crippen molar-refractivity contribution in [3.63, 3.8) is 0 Å². The molecule has 0 unspecified atom stereocenters. The lowest BCUT2D eigenvalue weighted by molar-refractivity contribution is 0.0962. The Bertz CT molecular complexity index is 1260. The quantitative estimate of drug-likeness (QED) is 0.442. The van der Waals surface area contributed by atoms with Crippen LogP contribution in [-0.4, -0.2) is 25.4 Å². The number of Topliss-reactive ketones (excluding diaryl/α,β-unsaturated/α-hetero) is 1. The van der Waals surface area contributed by atoms with E-state index in [-0.39, 0.29) is 11.7 Å².